The van der Waals surface area contributed by atoms with E-state index < -0.39 is 0 Å². The molecule has 2 aliphatic rings. The molecule has 1 amide bonds. The minimum absolute atomic E-state index is 0.229. The summed E-state index contributed by atoms with van der Waals surface area (Å²) < 4.78 is 10.2. The van der Waals surface area contributed by atoms with Gasteiger partial charge in [-0.25, -0.2) is 0 Å². The SMILES string of the molecule is COCCC(=O)N1CCC2(CC1)COC2. The number of likely N-dealkylation sites (tertiary alicyclic amines) is 1. The summed E-state index contributed by atoms with van der Waals surface area (Å²) in [5.74, 6) is 0.229. The quantitative estimate of drug-likeness (QED) is 0.691. The van der Waals surface area contributed by atoms with Gasteiger partial charge in [0.2, 0.25) is 5.91 Å². The Labute approximate surface area is 90.5 Å². The summed E-state index contributed by atoms with van der Waals surface area (Å²) >= 11 is 0. The number of piperidine rings is 1. The van der Waals surface area contributed by atoms with Crippen molar-refractivity contribution >= 4 is 5.91 Å². The highest BCUT2D eigenvalue weighted by Gasteiger charge is 2.41. The van der Waals surface area contributed by atoms with Gasteiger partial charge in [0.25, 0.3) is 0 Å². The van der Waals surface area contributed by atoms with Crippen LogP contribution in [0.25, 0.3) is 0 Å². The van der Waals surface area contributed by atoms with Crippen LogP contribution in [0.4, 0.5) is 0 Å². The molecule has 0 atom stereocenters. The van der Waals surface area contributed by atoms with Crippen LogP contribution >= 0.6 is 0 Å². The first-order valence-electron chi connectivity index (χ1n) is 5.60. The van der Waals surface area contributed by atoms with Crippen molar-refractivity contribution in [3.05, 3.63) is 0 Å². The van der Waals surface area contributed by atoms with Crippen molar-refractivity contribution < 1.29 is 14.3 Å². The zero-order valence-corrected chi connectivity index (χ0v) is 9.33. The Morgan fingerprint density at radius 2 is 2.07 bits per heavy atom. The van der Waals surface area contributed by atoms with Gasteiger partial charge in [0.05, 0.1) is 26.2 Å². The molecule has 86 valence electrons. The average Bonchev–Trinajstić information content (AvgIpc) is 2.24. The van der Waals surface area contributed by atoms with Crippen LogP contribution in [0.15, 0.2) is 0 Å². The fourth-order valence-electron chi connectivity index (χ4n) is 2.26. The van der Waals surface area contributed by atoms with E-state index in [1.54, 1.807) is 7.11 Å². The maximum Gasteiger partial charge on any atom is 0.224 e. The summed E-state index contributed by atoms with van der Waals surface area (Å²) in [5, 5.41) is 0. The minimum atomic E-state index is 0.229. The van der Waals surface area contributed by atoms with E-state index in [4.69, 9.17) is 9.47 Å². The van der Waals surface area contributed by atoms with Gasteiger partial charge in [-0.05, 0) is 12.8 Å². The van der Waals surface area contributed by atoms with Crippen LogP contribution in [0.3, 0.4) is 0 Å². The van der Waals surface area contributed by atoms with Crippen molar-refractivity contribution in [2.24, 2.45) is 5.41 Å². The average molecular weight is 213 g/mol. The largest absolute Gasteiger partial charge is 0.384 e. The van der Waals surface area contributed by atoms with Crippen molar-refractivity contribution in [3.8, 4) is 0 Å². The standard InChI is InChI=1S/C11H19NO3/c1-14-7-2-10(13)12-5-3-11(4-6-12)8-15-9-11/h2-9H2,1H3. The minimum Gasteiger partial charge on any atom is -0.384 e. The molecule has 4 heteroatoms. The molecule has 1 spiro atoms. The van der Waals surface area contributed by atoms with E-state index >= 15 is 0 Å². The van der Waals surface area contributed by atoms with Crippen LogP contribution in [0.5, 0.6) is 0 Å². The molecule has 0 aromatic rings. The van der Waals surface area contributed by atoms with Gasteiger partial charge in [0, 0.05) is 25.6 Å². The van der Waals surface area contributed by atoms with Gasteiger partial charge in [0.1, 0.15) is 0 Å². The van der Waals surface area contributed by atoms with Gasteiger partial charge in [-0.3, -0.25) is 4.79 Å². The summed E-state index contributed by atoms with van der Waals surface area (Å²) in [4.78, 5) is 13.6. The Bertz CT molecular complexity index is 228. The second-order valence-electron chi connectivity index (χ2n) is 4.62. The van der Waals surface area contributed by atoms with Gasteiger partial charge in [-0.15, -0.1) is 0 Å². The highest BCUT2D eigenvalue weighted by molar-refractivity contribution is 5.76. The van der Waals surface area contributed by atoms with Crippen LogP contribution in [-0.2, 0) is 14.3 Å². The fourth-order valence-corrected chi connectivity index (χ4v) is 2.26. The lowest BCUT2D eigenvalue weighted by molar-refractivity contribution is -0.153. The highest BCUT2D eigenvalue weighted by atomic mass is 16.5. The van der Waals surface area contributed by atoms with E-state index in [0.717, 1.165) is 39.1 Å². The van der Waals surface area contributed by atoms with E-state index in [0.29, 0.717) is 18.4 Å². The lowest BCUT2D eigenvalue weighted by Crippen LogP contribution is -2.52. The molecule has 2 rings (SSSR count). The molecule has 0 radical (unpaired) electrons. The second kappa shape index (κ2) is 4.49. The molecule has 2 aliphatic heterocycles. The Hall–Kier alpha value is -0.610. The fraction of sp³-hybridized carbons (Fsp3) is 0.909. The number of rotatable bonds is 3. The van der Waals surface area contributed by atoms with Crippen molar-refractivity contribution in [2.45, 2.75) is 19.3 Å². The normalized spacial score (nSPS) is 23.9. The Balaban J connectivity index is 1.75. The lowest BCUT2D eigenvalue weighted by atomic mass is 9.77. The maximum absolute atomic E-state index is 11.7. The first-order chi connectivity index (χ1) is 7.26. The van der Waals surface area contributed by atoms with Crippen molar-refractivity contribution in [1.29, 1.82) is 0 Å². The number of carbonyl (C=O) groups excluding carboxylic acids is 1. The Kier molecular flexibility index (Phi) is 3.26. The molecule has 0 unspecified atom stereocenters. The van der Waals surface area contributed by atoms with E-state index in [1.807, 2.05) is 4.90 Å². The number of amides is 1. The zero-order chi connectivity index (χ0) is 10.7. The number of carbonyl (C=O) groups is 1. The second-order valence-corrected chi connectivity index (χ2v) is 4.62. The number of hydrogen-bond donors (Lipinski definition) is 0. The first-order valence-corrected chi connectivity index (χ1v) is 5.60. The predicted octanol–water partition coefficient (Wildman–Crippen LogP) is 0.662. The van der Waals surface area contributed by atoms with E-state index in [9.17, 15) is 4.79 Å². The summed E-state index contributed by atoms with van der Waals surface area (Å²) in [5.41, 5.74) is 0.415. The number of methoxy groups -OCH3 is 1. The molecular weight excluding hydrogens is 194 g/mol. The molecule has 4 nitrogen and oxygen atoms in total. The molecular formula is C11H19NO3. The molecule has 2 saturated heterocycles. The van der Waals surface area contributed by atoms with Gasteiger partial charge >= 0.3 is 0 Å². The third-order valence-corrected chi connectivity index (χ3v) is 3.51. The summed E-state index contributed by atoms with van der Waals surface area (Å²) in [7, 11) is 1.63. The lowest BCUT2D eigenvalue weighted by Gasteiger charge is -2.47. The van der Waals surface area contributed by atoms with E-state index in [2.05, 4.69) is 0 Å². The number of ether oxygens (including phenoxy) is 2. The van der Waals surface area contributed by atoms with Crippen LogP contribution in [0.2, 0.25) is 0 Å². The first kappa shape index (κ1) is 10.9. The van der Waals surface area contributed by atoms with Gasteiger partial charge in [-0.2, -0.15) is 0 Å². The monoisotopic (exact) mass is 213 g/mol. The summed E-state index contributed by atoms with van der Waals surface area (Å²) in [6, 6.07) is 0. The molecule has 0 N–H and O–H groups in total. The highest BCUT2D eigenvalue weighted by Crippen LogP contribution is 2.38. The van der Waals surface area contributed by atoms with Crippen molar-refractivity contribution in [3.63, 3.8) is 0 Å². The third-order valence-electron chi connectivity index (χ3n) is 3.51. The molecule has 2 fully saturated rings. The van der Waals surface area contributed by atoms with Crippen LogP contribution in [0, 0.1) is 5.41 Å². The topological polar surface area (TPSA) is 38.8 Å². The molecule has 2 heterocycles. The van der Waals surface area contributed by atoms with E-state index in [-0.39, 0.29) is 5.91 Å². The van der Waals surface area contributed by atoms with Crippen molar-refractivity contribution in [2.75, 3.05) is 40.0 Å². The predicted molar refractivity (Wildman–Crippen MR) is 55.6 cm³/mol. The number of nitrogens with zero attached hydrogens (tertiary/aromatic N) is 1. The Morgan fingerprint density at radius 3 is 2.53 bits per heavy atom. The summed E-state index contributed by atoms with van der Waals surface area (Å²) in [6.07, 6.45) is 2.72. The van der Waals surface area contributed by atoms with Crippen LogP contribution in [0.1, 0.15) is 19.3 Å². The van der Waals surface area contributed by atoms with Crippen molar-refractivity contribution in [1.82, 2.24) is 4.90 Å². The summed E-state index contributed by atoms with van der Waals surface area (Å²) in [6.45, 7) is 4.11. The smallest absolute Gasteiger partial charge is 0.224 e. The van der Waals surface area contributed by atoms with Gasteiger partial charge in [-0.1, -0.05) is 0 Å². The molecule has 0 bridgehead atoms. The van der Waals surface area contributed by atoms with E-state index in [1.165, 1.54) is 0 Å². The van der Waals surface area contributed by atoms with Crippen LogP contribution < -0.4 is 0 Å². The van der Waals surface area contributed by atoms with Gasteiger partial charge < -0.3 is 14.4 Å². The molecule has 0 aliphatic carbocycles. The molecule has 0 saturated carbocycles. The molecule has 0 aromatic heterocycles. The Morgan fingerprint density at radius 1 is 1.40 bits per heavy atom. The maximum atomic E-state index is 11.7. The third kappa shape index (κ3) is 2.32. The van der Waals surface area contributed by atoms with Crippen LogP contribution in [-0.4, -0.2) is 50.8 Å². The molecule has 15 heavy (non-hydrogen) atoms. The van der Waals surface area contributed by atoms with Gasteiger partial charge in [0.15, 0.2) is 0 Å². The molecule has 0 aromatic carbocycles. The zero-order valence-electron chi connectivity index (χ0n) is 9.33. The number of hydrogen-bond acceptors (Lipinski definition) is 3.